The summed E-state index contributed by atoms with van der Waals surface area (Å²) in [6, 6.07) is 50.0. The molecule has 2 nitrogen and oxygen atoms in total. The largest absolute Gasteiger partial charge is 0.456 e. The maximum absolute atomic E-state index is 6.33. The Labute approximate surface area is 245 Å². The molecule has 7 aromatic rings. The van der Waals surface area contributed by atoms with E-state index in [2.05, 4.69) is 157 Å². The molecule has 0 saturated carbocycles. The topological polar surface area (TPSA) is 16.4 Å². The number of allylic oxidation sites excluding steroid dienone is 1. The van der Waals surface area contributed by atoms with Crippen LogP contribution in [0.15, 0.2) is 150 Å². The first-order valence-electron chi connectivity index (χ1n) is 14.6. The molecular formula is C40H29NO. The Morgan fingerprint density at radius 3 is 2.00 bits per heavy atom. The fourth-order valence-electron chi connectivity index (χ4n) is 6.26. The van der Waals surface area contributed by atoms with E-state index in [1.165, 1.54) is 44.0 Å². The zero-order valence-electron chi connectivity index (χ0n) is 23.2. The number of nitrogens with zero attached hydrogens (tertiary/aromatic N) is 1. The minimum Gasteiger partial charge on any atom is -0.456 e. The number of aryl methyl sites for hydroxylation is 1. The second-order valence-electron chi connectivity index (χ2n) is 10.9. The lowest BCUT2D eigenvalue weighted by Crippen LogP contribution is -2.09. The highest BCUT2D eigenvalue weighted by Crippen LogP contribution is 2.40. The van der Waals surface area contributed by atoms with Crippen LogP contribution in [0.4, 0.5) is 17.1 Å². The first-order valence-corrected chi connectivity index (χ1v) is 14.6. The normalized spacial score (nSPS) is 12.5. The van der Waals surface area contributed by atoms with Crippen LogP contribution in [-0.4, -0.2) is 0 Å². The van der Waals surface area contributed by atoms with Gasteiger partial charge in [-0.2, -0.15) is 0 Å². The summed E-state index contributed by atoms with van der Waals surface area (Å²) < 4.78 is 6.33. The van der Waals surface area contributed by atoms with Crippen molar-refractivity contribution in [3.8, 4) is 22.3 Å². The maximum atomic E-state index is 6.33. The molecule has 0 saturated heterocycles. The molecule has 0 bridgehead atoms. The van der Waals surface area contributed by atoms with E-state index in [1.54, 1.807) is 0 Å². The SMILES string of the molecule is C1=Cc2oc3cc(N(c4ccc(-c5ccccc5)cc4)c4ccc(-c5cccc6ccccc56)cc4)ccc3c2CC1. The zero-order valence-corrected chi connectivity index (χ0v) is 23.2. The lowest BCUT2D eigenvalue weighted by Gasteiger charge is -2.26. The van der Waals surface area contributed by atoms with Crippen molar-refractivity contribution < 1.29 is 4.42 Å². The highest BCUT2D eigenvalue weighted by Gasteiger charge is 2.18. The third kappa shape index (κ3) is 4.29. The maximum Gasteiger partial charge on any atom is 0.137 e. The van der Waals surface area contributed by atoms with Crippen LogP contribution in [0.2, 0.25) is 0 Å². The number of benzene rings is 6. The first-order chi connectivity index (χ1) is 20.8. The molecule has 0 amide bonds. The van der Waals surface area contributed by atoms with Crippen molar-refractivity contribution in [2.24, 2.45) is 0 Å². The third-order valence-corrected chi connectivity index (χ3v) is 8.35. The molecule has 2 heteroatoms. The first kappa shape index (κ1) is 24.5. The zero-order chi connectivity index (χ0) is 27.9. The molecule has 0 spiro atoms. The van der Waals surface area contributed by atoms with Gasteiger partial charge in [0.15, 0.2) is 0 Å². The van der Waals surface area contributed by atoms with E-state index < -0.39 is 0 Å². The predicted molar refractivity (Wildman–Crippen MR) is 177 cm³/mol. The Bertz CT molecular complexity index is 2060. The summed E-state index contributed by atoms with van der Waals surface area (Å²) in [5, 5.41) is 3.73. The Morgan fingerprint density at radius 2 is 1.19 bits per heavy atom. The monoisotopic (exact) mass is 539 g/mol. The van der Waals surface area contributed by atoms with Crippen LogP contribution < -0.4 is 4.90 Å². The second kappa shape index (κ2) is 10.2. The Morgan fingerprint density at radius 1 is 0.524 bits per heavy atom. The fraction of sp³-hybridized carbons (Fsp3) is 0.0500. The molecule has 0 N–H and O–H groups in total. The van der Waals surface area contributed by atoms with Crippen molar-refractivity contribution in [1.82, 2.24) is 0 Å². The molecule has 0 aliphatic heterocycles. The quantitative estimate of drug-likeness (QED) is 0.216. The second-order valence-corrected chi connectivity index (χ2v) is 10.9. The predicted octanol–water partition coefficient (Wildman–Crippen LogP) is 11.3. The van der Waals surface area contributed by atoms with Gasteiger partial charge < -0.3 is 9.32 Å². The molecule has 0 unspecified atom stereocenters. The van der Waals surface area contributed by atoms with Gasteiger partial charge in [-0.05, 0) is 88.3 Å². The highest BCUT2D eigenvalue weighted by molar-refractivity contribution is 5.97. The number of fused-ring (bicyclic) bond motifs is 4. The molecule has 0 fully saturated rings. The number of rotatable bonds is 5. The number of hydrogen-bond donors (Lipinski definition) is 0. The van der Waals surface area contributed by atoms with E-state index in [4.69, 9.17) is 4.42 Å². The number of anilines is 3. The van der Waals surface area contributed by atoms with Gasteiger partial charge in [0.25, 0.3) is 0 Å². The molecule has 0 atom stereocenters. The van der Waals surface area contributed by atoms with Crippen LogP contribution >= 0.6 is 0 Å². The Hall–Kier alpha value is -5.34. The van der Waals surface area contributed by atoms with Crippen molar-refractivity contribution in [1.29, 1.82) is 0 Å². The minimum atomic E-state index is 0.933. The number of hydrogen-bond acceptors (Lipinski definition) is 2. The van der Waals surface area contributed by atoms with Crippen LogP contribution in [0, 0.1) is 0 Å². The molecule has 42 heavy (non-hydrogen) atoms. The Kier molecular flexibility index (Phi) is 5.97. The molecule has 200 valence electrons. The molecule has 1 heterocycles. The van der Waals surface area contributed by atoms with E-state index >= 15 is 0 Å². The van der Waals surface area contributed by atoms with Crippen molar-refractivity contribution in [3.05, 3.63) is 157 Å². The van der Waals surface area contributed by atoms with E-state index in [1.807, 2.05) is 0 Å². The summed E-state index contributed by atoms with van der Waals surface area (Å²) in [6.45, 7) is 0. The summed E-state index contributed by atoms with van der Waals surface area (Å²) in [5.41, 5.74) is 10.4. The third-order valence-electron chi connectivity index (χ3n) is 8.35. The van der Waals surface area contributed by atoms with Crippen molar-refractivity contribution >= 4 is 44.9 Å². The van der Waals surface area contributed by atoms with Gasteiger partial charge in [-0.15, -0.1) is 0 Å². The number of furan rings is 1. The van der Waals surface area contributed by atoms with Crippen molar-refractivity contribution in [2.75, 3.05) is 4.90 Å². The van der Waals surface area contributed by atoms with Gasteiger partial charge in [-0.25, -0.2) is 0 Å². The van der Waals surface area contributed by atoms with Gasteiger partial charge in [0.1, 0.15) is 11.3 Å². The molecular weight excluding hydrogens is 510 g/mol. The molecule has 8 rings (SSSR count). The van der Waals surface area contributed by atoms with Crippen LogP contribution in [0.25, 0.3) is 50.1 Å². The summed E-state index contributed by atoms with van der Waals surface area (Å²) >= 11 is 0. The summed E-state index contributed by atoms with van der Waals surface area (Å²) in [6.07, 6.45) is 6.40. The summed E-state index contributed by atoms with van der Waals surface area (Å²) in [7, 11) is 0. The highest BCUT2D eigenvalue weighted by atomic mass is 16.3. The average molecular weight is 540 g/mol. The van der Waals surface area contributed by atoms with E-state index in [0.29, 0.717) is 0 Å². The van der Waals surface area contributed by atoms with Crippen LogP contribution in [-0.2, 0) is 6.42 Å². The van der Waals surface area contributed by atoms with Gasteiger partial charge >= 0.3 is 0 Å². The molecule has 1 aliphatic carbocycles. The molecule has 6 aromatic carbocycles. The van der Waals surface area contributed by atoms with E-state index in [9.17, 15) is 0 Å². The average Bonchev–Trinajstić information content (AvgIpc) is 3.44. The molecule has 1 aliphatic rings. The molecule has 0 radical (unpaired) electrons. The van der Waals surface area contributed by atoms with Crippen LogP contribution in [0.3, 0.4) is 0 Å². The van der Waals surface area contributed by atoms with Gasteiger partial charge in [0.05, 0.1) is 0 Å². The van der Waals surface area contributed by atoms with Crippen molar-refractivity contribution in [2.45, 2.75) is 12.8 Å². The van der Waals surface area contributed by atoms with Gasteiger partial charge in [0.2, 0.25) is 0 Å². The summed E-state index contributed by atoms with van der Waals surface area (Å²) in [5.74, 6) is 0.992. The summed E-state index contributed by atoms with van der Waals surface area (Å²) in [4.78, 5) is 2.32. The minimum absolute atomic E-state index is 0.933. The van der Waals surface area contributed by atoms with Gasteiger partial charge in [-0.3, -0.25) is 0 Å². The Balaban J connectivity index is 1.23. The van der Waals surface area contributed by atoms with Crippen LogP contribution in [0.5, 0.6) is 0 Å². The van der Waals surface area contributed by atoms with Gasteiger partial charge in [-0.1, -0.05) is 103 Å². The van der Waals surface area contributed by atoms with Gasteiger partial charge in [0, 0.05) is 34.1 Å². The van der Waals surface area contributed by atoms with Crippen LogP contribution in [0.1, 0.15) is 17.7 Å². The lowest BCUT2D eigenvalue weighted by atomic mass is 9.98. The fourth-order valence-corrected chi connectivity index (χ4v) is 6.26. The van der Waals surface area contributed by atoms with Crippen molar-refractivity contribution in [3.63, 3.8) is 0 Å². The van der Waals surface area contributed by atoms with E-state index in [0.717, 1.165) is 41.2 Å². The lowest BCUT2D eigenvalue weighted by molar-refractivity contribution is 0.595. The smallest absolute Gasteiger partial charge is 0.137 e. The standard InChI is InChI=1S/C40H29NO/c1-2-9-28(10-3-1)29-17-21-32(22-18-29)41(34-25-26-38-37-14-6-7-16-39(37)42-40(38)27-34)33-23-19-31(20-24-33)36-15-8-12-30-11-4-5-13-35(30)36/h1-5,7-13,15-27H,6,14H2. The van der Waals surface area contributed by atoms with E-state index in [-0.39, 0.29) is 0 Å². The molecule has 1 aromatic heterocycles.